The van der Waals surface area contributed by atoms with Crippen LogP contribution in [-0.4, -0.2) is 35.1 Å². The normalized spacial score (nSPS) is 18.1. The van der Waals surface area contributed by atoms with E-state index in [2.05, 4.69) is 27.9 Å². The minimum atomic E-state index is -0.771. The molecule has 0 spiro atoms. The highest BCUT2D eigenvalue weighted by Crippen LogP contribution is 2.22. The molecule has 0 aromatic heterocycles. The number of nitrogens with zero attached hydrogens (tertiary/aromatic N) is 1. The van der Waals surface area contributed by atoms with Gasteiger partial charge in [-0.15, -0.1) is 0 Å². The van der Waals surface area contributed by atoms with Crippen LogP contribution in [0.3, 0.4) is 0 Å². The summed E-state index contributed by atoms with van der Waals surface area (Å²) in [6.07, 6.45) is 1.70. The fraction of sp³-hybridized carbons (Fsp3) is 0.429. The van der Waals surface area contributed by atoms with Gasteiger partial charge in [-0.25, -0.2) is 4.79 Å². The van der Waals surface area contributed by atoms with Crippen molar-refractivity contribution < 1.29 is 14.7 Å². The van der Waals surface area contributed by atoms with E-state index < -0.39 is 5.97 Å². The van der Waals surface area contributed by atoms with Crippen LogP contribution in [0.2, 0.25) is 0 Å². The van der Waals surface area contributed by atoms with Gasteiger partial charge in [0, 0.05) is 28.8 Å². The Kier molecular flexibility index (Phi) is 5.22. The summed E-state index contributed by atoms with van der Waals surface area (Å²) in [7, 11) is 0. The molecule has 20 heavy (non-hydrogen) atoms. The number of halogens is 1. The number of aliphatic carboxylic acids is 1. The Morgan fingerprint density at radius 1 is 1.35 bits per heavy atom. The number of carboxylic acids is 1. The third-order valence-corrected chi connectivity index (χ3v) is 4.15. The number of carbonyl (C=O) groups excluding carboxylic acids is 1. The number of hydrogen-bond donors (Lipinski definition) is 2. The molecule has 2 amide bonds. The number of likely N-dealkylation sites (tertiary alicyclic amines) is 1. The first-order valence-electron chi connectivity index (χ1n) is 6.58. The summed E-state index contributed by atoms with van der Waals surface area (Å²) in [5, 5.41) is 11.5. The van der Waals surface area contributed by atoms with E-state index in [0.29, 0.717) is 25.4 Å². The van der Waals surface area contributed by atoms with Crippen LogP contribution >= 0.6 is 22.6 Å². The number of benzene rings is 1. The molecule has 1 heterocycles. The molecule has 6 heteroatoms. The maximum atomic E-state index is 12.1. The summed E-state index contributed by atoms with van der Waals surface area (Å²) in [5.41, 5.74) is 0.782. The minimum Gasteiger partial charge on any atom is -0.481 e. The van der Waals surface area contributed by atoms with Crippen LogP contribution in [0.1, 0.15) is 19.3 Å². The van der Waals surface area contributed by atoms with Gasteiger partial charge in [-0.1, -0.05) is 0 Å². The van der Waals surface area contributed by atoms with Crippen molar-refractivity contribution in [3.05, 3.63) is 27.8 Å². The van der Waals surface area contributed by atoms with Crippen molar-refractivity contribution in [1.82, 2.24) is 4.90 Å². The zero-order chi connectivity index (χ0) is 14.5. The third-order valence-electron chi connectivity index (χ3n) is 3.44. The molecule has 0 saturated carbocycles. The summed E-state index contributed by atoms with van der Waals surface area (Å²) < 4.78 is 1.12. The van der Waals surface area contributed by atoms with Crippen molar-refractivity contribution in [3.8, 4) is 0 Å². The van der Waals surface area contributed by atoms with Gasteiger partial charge < -0.3 is 15.3 Å². The number of carbonyl (C=O) groups is 2. The van der Waals surface area contributed by atoms with Crippen molar-refractivity contribution in [2.75, 3.05) is 18.4 Å². The maximum absolute atomic E-state index is 12.1. The lowest BCUT2D eigenvalue weighted by atomic mass is 10.0. The smallest absolute Gasteiger partial charge is 0.321 e. The summed E-state index contributed by atoms with van der Waals surface area (Å²) >= 11 is 2.21. The molecule has 1 aliphatic heterocycles. The van der Waals surface area contributed by atoms with E-state index in [0.717, 1.165) is 15.7 Å². The Balaban J connectivity index is 1.82. The number of carboxylic acid groups (broad SMARTS) is 1. The second-order valence-electron chi connectivity index (χ2n) is 4.97. The zero-order valence-electron chi connectivity index (χ0n) is 11.0. The topological polar surface area (TPSA) is 69.6 Å². The van der Waals surface area contributed by atoms with Crippen molar-refractivity contribution in [2.24, 2.45) is 5.92 Å². The molecule has 108 valence electrons. The predicted molar refractivity (Wildman–Crippen MR) is 84.7 cm³/mol. The average Bonchev–Trinajstić information content (AvgIpc) is 2.88. The quantitative estimate of drug-likeness (QED) is 0.780. The first kappa shape index (κ1) is 15.1. The van der Waals surface area contributed by atoms with Crippen LogP contribution in [-0.2, 0) is 4.79 Å². The van der Waals surface area contributed by atoms with Crippen molar-refractivity contribution in [1.29, 1.82) is 0 Å². The van der Waals surface area contributed by atoms with Gasteiger partial charge in [0.15, 0.2) is 0 Å². The monoisotopic (exact) mass is 388 g/mol. The van der Waals surface area contributed by atoms with Gasteiger partial charge in [0.25, 0.3) is 0 Å². The molecule has 1 fully saturated rings. The molecule has 1 unspecified atom stereocenters. The highest BCUT2D eigenvalue weighted by Gasteiger charge is 2.26. The highest BCUT2D eigenvalue weighted by molar-refractivity contribution is 14.1. The minimum absolute atomic E-state index is 0.107. The average molecular weight is 388 g/mol. The van der Waals surface area contributed by atoms with E-state index in [1.807, 2.05) is 24.3 Å². The van der Waals surface area contributed by atoms with Gasteiger partial charge in [0.05, 0.1) is 0 Å². The Labute approximate surface area is 131 Å². The van der Waals surface area contributed by atoms with E-state index in [4.69, 9.17) is 5.11 Å². The molecule has 2 N–H and O–H groups in total. The summed E-state index contributed by atoms with van der Waals surface area (Å²) in [6, 6.07) is 7.52. The van der Waals surface area contributed by atoms with Gasteiger partial charge >= 0.3 is 12.0 Å². The molecular formula is C14H17IN2O3. The van der Waals surface area contributed by atoms with Crippen LogP contribution in [0.15, 0.2) is 24.3 Å². The van der Waals surface area contributed by atoms with Crippen LogP contribution in [0.25, 0.3) is 0 Å². The van der Waals surface area contributed by atoms with Crippen molar-refractivity contribution in [3.63, 3.8) is 0 Å². The summed E-state index contributed by atoms with van der Waals surface area (Å²) in [4.78, 5) is 24.4. The van der Waals surface area contributed by atoms with Crippen LogP contribution in [0.4, 0.5) is 10.5 Å². The van der Waals surface area contributed by atoms with Gasteiger partial charge in [-0.2, -0.15) is 0 Å². The standard InChI is InChI=1S/C14H17IN2O3/c15-11-2-4-12(5-3-11)16-14(20)17-8-7-10(9-17)1-6-13(18)19/h2-5,10H,1,6-9H2,(H,16,20)(H,18,19). The first-order valence-corrected chi connectivity index (χ1v) is 7.66. The molecule has 1 aliphatic rings. The highest BCUT2D eigenvalue weighted by atomic mass is 127. The fourth-order valence-electron chi connectivity index (χ4n) is 2.32. The zero-order valence-corrected chi connectivity index (χ0v) is 13.2. The summed E-state index contributed by atoms with van der Waals surface area (Å²) in [6.45, 7) is 1.34. The van der Waals surface area contributed by atoms with Gasteiger partial charge in [0.1, 0.15) is 0 Å². The van der Waals surface area contributed by atoms with Crippen molar-refractivity contribution >= 4 is 40.3 Å². The maximum Gasteiger partial charge on any atom is 0.321 e. The third kappa shape index (κ3) is 4.36. The lowest BCUT2D eigenvalue weighted by Crippen LogP contribution is -2.33. The lowest BCUT2D eigenvalue weighted by molar-refractivity contribution is -0.137. The van der Waals surface area contributed by atoms with Crippen LogP contribution < -0.4 is 5.32 Å². The second-order valence-corrected chi connectivity index (χ2v) is 6.22. The van der Waals surface area contributed by atoms with Gasteiger partial charge in [0.2, 0.25) is 0 Å². The molecule has 1 atom stereocenters. The number of urea groups is 1. The van der Waals surface area contributed by atoms with E-state index in [9.17, 15) is 9.59 Å². The van der Waals surface area contributed by atoms with Crippen LogP contribution in [0, 0.1) is 9.49 Å². The Morgan fingerprint density at radius 3 is 2.70 bits per heavy atom. The van der Waals surface area contributed by atoms with E-state index in [1.54, 1.807) is 4.90 Å². The van der Waals surface area contributed by atoms with Crippen molar-refractivity contribution in [2.45, 2.75) is 19.3 Å². The number of rotatable bonds is 4. The lowest BCUT2D eigenvalue weighted by Gasteiger charge is -2.17. The Morgan fingerprint density at radius 2 is 2.05 bits per heavy atom. The molecule has 1 aromatic carbocycles. The predicted octanol–water partition coefficient (Wildman–Crippen LogP) is 3.01. The number of anilines is 1. The second kappa shape index (κ2) is 6.92. The molecule has 2 rings (SSSR count). The molecule has 1 saturated heterocycles. The number of amides is 2. The molecule has 5 nitrogen and oxygen atoms in total. The largest absolute Gasteiger partial charge is 0.481 e. The summed E-state index contributed by atoms with van der Waals surface area (Å²) in [5.74, 6) is -0.472. The Hall–Kier alpha value is -1.31. The Bertz CT molecular complexity index is 490. The SMILES string of the molecule is O=C(O)CCC1CCN(C(=O)Nc2ccc(I)cc2)C1. The number of nitrogens with one attached hydrogen (secondary N) is 1. The molecule has 0 aliphatic carbocycles. The van der Waals surface area contributed by atoms with E-state index in [-0.39, 0.29) is 12.5 Å². The number of hydrogen-bond acceptors (Lipinski definition) is 2. The fourth-order valence-corrected chi connectivity index (χ4v) is 2.68. The molecule has 0 radical (unpaired) electrons. The first-order chi connectivity index (χ1) is 9.54. The van der Waals surface area contributed by atoms with E-state index >= 15 is 0 Å². The van der Waals surface area contributed by atoms with Gasteiger partial charge in [-0.3, -0.25) is 4.79 Å². The van der Waals surface area contributed by atoms with Gasteiger partial charge in [-0.05, 0) is 65.6 Å². The van der Waals surface area contributed by atoms with E-state index in [1.165, 1.54) is 0 Å². The molecule has 1 aromatic rings. The molecule has 0 bridgehead atoms. The van der Waals surface area contributed by atoms with Crippen LogP contribution in [0.5, 0.6) is 0 Å². The molecular weight excluding hydrogens is 371 g/mol.